The predicted molar refractivity (Wildman–Crippen MR) is 74.9 cm³/mol. The van der Waals surface area contributed by atoms with Crippen LogP contribution in [0.25, 0.3) is 0 Å². The molecule has 0 saturated carbocycles. The van der Waals surface area contributed by atoms with Crippen LogP contribution in [-0.2, 0) is 11.3 Å². The fourth-order valence-corrected chi connectivity index (χ4v) is 1.68. The van der Waals surface area contributed by atoms with Crippen molar-refractivity contribution in [2.75, 3.05) is 11.9 Å². The number of para-hydroxylation sites is 2. The molecule has 0 unspecified atom stereocenters. The Hall–Kier alpha value is -2.33. The standard InChI is InChI=1S/C15H16N2O2/c16-10-12-6-4-5-9-14(12)19-11-15(18)17-13-7-2-1-3-8-13/h1-9H,10-11,16H2,(H,17,18). The monoisotopic (exact) mass is 256 g/mol. The minimum atomic E-state index is -0.196. The highest BCUT2D eigenvalue weighted by atomic mass is 16.5. The van der Waals surface area contributed by atoms with Crippen LogP contribution in [-0.4, -0.2) is 12.5 Å². The normalized spacial score (nSPS) is 9.95. The van der Waals surface area contributed by atoms with Gasteiger partial charge in [0.05, 0.1) is 0 Å². The Morgan fingerprint density at radius 1 is 1.05 bits per heavy atom. The lowest BCUT2D eigenvalue weighted by Gasteiger charge is -2.10. The third kappa shape index (κ3) is 3.82. The van der Waals surface area contributed by atoms with Gasteiger partial charge in [-0.25, -0.2) is 0 Å². The second-order valence-corrected chi connectivity index (χ2v) is 4.01. The summed E-state index contributed by atoms with van der Waals surface area (Å²) in [4.78, 5) is 11.7. The summed E-state index contributed by atoms with van der Waals surface area (Å²) in [6, 6.07) is 16.7. The summed E-state index contributed by atoms with van der Waals surface area (Å²) in [5.41, 5.74) is 7.24. The van der Waals surface area contributed by atoms with Crippen molar-refractivity contribution in [3.05, 3.63) is 60.2 Å². The first-order chi connectivity index (χ1) is 9.29. The number of nitrogens with one attached hydrogen (secondary N) is 1. The molecule has 4 heteroatoms. The first-order valence-corrected chi connectivity index (χ1v) is 6.05. The van der Waals surface area contributed by atoms with Gasteiger partial charge in [0.2, 0.25) is 0 Å². The number of amides is 1. The fraction of sp³-hybridized carbons (Fsp3) is 0.133. The Kier molecular flexibility index (Phi) is 4.53. The molecular formula is C15H16N2O2. The zero-order valence-electron chi connectivity index (χ0n) is 10.5. The molecule has 2 aromatic rings. The van der Waals surface area contributed by atoms with Crippen molar-refractivity contribution in [3.63, 3.8) is 0 Å². The molecule has 19 heavy (non-hydrogen) atoms. The Balaban J connectivity index is 1.90. The van der Waals surface area contributed by atoms with Crippen LogP contribution in [0.5, 0.6) is 5.75 Å². The number of carbonyl (C=O) groups is 1. The first kappa shape index (κ1) is 13.1. The number of carbonyl (C=O) groups excluding carboxylic acids is 1. The van der Waals surface area contributed by atoms with Gasteiger partial charge >= 0.3 is 0 Å². The summed E-state index contributed by atoms with van der Waals surface area (Å²) in [6.07, 6.45) is 0. The second kappa shape index (κ2) is 6.56. The van der Waals surface area contributed by atoms with E-state index >= 15 is 0 Å². The number of anilines is 1. The maximum Gasteiger partial charge on any atom is 0.262 e. The quantitative estimate of drug-likeness (QED) is 0.861. The molecule has 3 N–H and O–H groups in total. The van der Waals surface area contributed by atoms with E-state index in [9.17, 15) is 4.79 Å². The van der Waals surface area contributed by atoms with E-state index in [0.717, 1.165) is 11.3 Å². The van der Waals surface area contributed by atoms with E-state index < -0.39 is 0 Å². The smallest absolute Gasteiger partial charge is 0.262 e. The molecule has 2 aromatic carbocycles. The lowest BCUT2D eigenvalue weighted by molar-refractivity contribution is -0.118. The molecule has 1 amide bonds. The van der Waals surface area contributed by atoms with Gasteiger partial charge in [-0.2, -0.15) is 0 Å². The zero-order chi connectivity index (χ0) is 13.5. The molecule has 0 heterocycles. The van der Waals surface area contributed by atoms with Gasteiger partial charge in [0.25, 0.3) is 5.91 Å². The van der Waals surface area contributed by atoms with Gasteiger partial charge < -0.3 is 15.8 Å². The average molecular weight is 256 g/mol. The largest absolute Gasteiger partial charge is 0.483 e. The van der Waals surface area contributed by atoms with E-state index in [1.807, 2.05) is 48.5 Å². The van der Waals surface area contributed by atoms with Crippen molar-refractivity contribution >= 4 is 11.6 Å². The fourth-order valence-electron chi connectivity index (χ4n) is 1.68. The summed E-state index contributed by atoms with van der Waals surface area (Å²) in [7, 11) is 0. The van der Waals surface area contributed by atoms with Crippen molar-refractivity contribution in [3.8, 4) is 5.75 Å². The van der Waals surface area contributed by atoms with Gasteiger partial charge in [-0.15, -0.1) is 0 Å². The van der Waals surface area contributed by atoms with Crippen LogP contribution in [0.15, 0.2) is 54.6 Å². The van der Waals surface area contributed by atoms with Crippen LogP contribution in [0.3, 0.4) is 0 Å². The maximum atomic E-state index is 11.7. The summed E-state index contributed by atoms with van der Waals surface area (Å²) < 4.78 is 5.47. The van der Waals surface area contributed by atoms with E-state index in [-0.39, 0.29) is 12.5 Å². The molecule has 0 spiro atoms. The molecule has 0 aliphatic heterocycles. The number of hydrogen-bond acceptors (Lipinski definition) is 3. The molecule has 0 atom stereocenters. The molecule has 0 aliphatic carbocycles. The van der Waals surface area contributed by atoms with Gasteiger partial charge in [-0.05, 0) is 18.2 Å². The third-order valence-electron chi connectivity index (χ3n) is 2.61. The van der Waals surface area contributed by atoms with Crippen LogP contribution in [0.1, 0.15) is 5.56 Å². The summed E-state index contributed by atoms with van der Waals surface area (Å²) in [5, 5.41) is 2.75. The Labute approximate surface area is 112 Å². The highest BCUT2D eigenvalue weighted by Crippen LogP contribution is 2.17. The van der Waals surface area contributed by atoms with Gasteiger partial charge in [-0.3, -0.25) is 4.79 Å². The van der Waals surface area contributed by atoms with E-state index in [2.05, 4.69) is 5.32 Å². The Bertz CT molecular complexity index is 541. The number of rotatable bonds is 5. The molecule has 0 radical (unpaired) electrons. The second-order valence-electron chi connectivity index (χ2n) is 4.01. The molecule has 2 rings (SSSR count). The van der Waals surface area contributed by atoms with Gasteiger partial charge in [-0.1, -0.05) is 36.4 Å². The van der Waals surface area contributed by atoms with Crippen LogP contribution in [0.2, 0.25) is 0 Å². The van der Waals surface area contributed by atoms with Crippen molar-refractivity contribution in [1.82, 2.24) is 0 Å². The molecule has 0 fully saturated rings. The van der Waals surface area contributed by atoms with Crippen molar-refractivity contribution in [1.29, 1.82) is 0 Å². The Morgan fingerprint density at radius 2 is 1.74 bits per heavy atom. The highest BCUT2D eigenvalue weighted by molar-refractivity contribution is 5.91. The molecular weight excluding hydrogens is 240 g/mol. The number of benzene rings is 2. The minimum absolute atomic E-state index is 0.0358. The lowest BCUT2D eigenvalue weighted by Crippen LogP contribution is -2.20. The van der Waals surface area contributed by atoms with E-state index in [1.165, 1.54) is 0 Å². The van der Waals surface area contributed by atoms with Crippen molar-refractivity contribution in [2.45, 2.75) is 6.54 Å². The van der Waals surface area contributed by atoms with Crippen molar-refractivity contribution < 1.29 is 9.53 Å². The topological polar surface area (TPSA) is 64.3 Å². The van der Waals surface area contributed by atoms with Gasteiger partial charge in [0, 0.05) is 17.8 Å². The first-order valence-electron chi connectivity index (χ1n) is 6.05. The Morgan fingerprint density at radius 3 is 2.47 bits per heavy atom. The SMILES string of the molecule is NCc1ccccc1OCC(=O)Nc1ccccc1. The molecule has 0 saturated heterocycles. The van der Waals surface area contributed by atoms with Crippen LogP contribution < -0.4 is 15.8 Å². The molecule has 0 aromatic heterocycles. The summed E-state index contributed by atoms with van der Waals surface area (Å²) >= 11 is 0. The van der Waals surface area contributed by atoms with Crippen LogP contribution in [0.4, 0.5) is 5.69 Å². The van der Waals surface area contributed by atoms with E-state index in [0.29, 0.717) is 12.3 Å². The highest BCUT2D eigenvalue weighted by Gasteiger charge is 2.05. The van der Waals surface area contributed by atoms with Crippen molar-refractivity contribution in [2.24, 2.45) is 5.73 Å². The zero-order valence-corrected chi connectivity index (χ0v) is 10.5. The number of nitrogens with two attached hydrogens (primary N) is 1. The third-order valence-corrected chi connectivity index (χ3v) is 2.61. The molecule has 4 nitrogen and oxygen atoms in total. The summed E-state index contributed by atoms with van der Waals surface area (Å²) in [6.45, 7) is 0.350. The van der Waals surface area contributed by atoms with Gasteiger partial charge in [0.1, 0.15) is 5.75 Å². The molecule has 0 bridgehead atoms. The molecule has 0 aliphatic rings. The van der Waals surface area contributed by atoms with E-state index in [1.54, 1.807) is 6.07 Å². The predicted octanol–water partition coefficient (Wildman–Crippen LogP) is 2.16. The summed E-state index contributed by atoms with van der Waals surface area (Å²) in [5.74, 6) is 0.450. The van der Waals surface area contributed by atoms with Crippen LogP contribution in [0, 0.1) is 0 Å². The van der Waals surface area contributed by atoms with Crippen LogP contribution >= 0.6 is 0 Å². The number of ether oxygens (including phenoxy) is 1. The number of hydrogen-bond donors (Lipinski definition) is 2. The average Bonchev–Trinajstić information content (AvgIpc) is 2.46. The van der Waals surface area contributed by atoms with Gasteiger partial charge in [0.15, 0.2) is 6.61 Å². The minimum Gasteiger partial charge on any atom is -0.483 e. The molecule has 98 valence electrons. The lowest BCUT2D eigenvalue weighted by atomic mass is 10.2. The van der Waals surface area contributed by atoms with E-state index in [4.69, 9.17) is 10.5 Å². The maximum absolute atomic E-state index is 11.7.